The van der Waals surface area contributed by atoms with Crippen LogP contribution in [0.4, 0.5) is 0 Å². The second kappa shape index (κ2) is 5.25. The van der Waals surface area contributed by atoms with E-state index < -0.39 is 12.1 Å². The van der Waals surface area contributed by atoms with Crippen LogP contribution in [-0.4, -0.2) is 47.7 Å². The predicted octanol–water partition coefficient (Wildman–Crippen LogP) is 1.10. The predicted molar refractivity (Wildman–Crippen MR) is 71.7 cm³/mol. The maximum atomic E-state index is 12.6. The Morgan fingerprint density at radius 2 is 2.15 bits per heavy atom. The zero-order valence-electron chi connectivity index (χ0n) is 11.2. The Morgan fingerprint density at radius 1 is 1.30 bits per heavy atom. The van der Waals surface area contributed by atoms with Crippen LogP contribution < -0.4 is 0 Å². The van der Waals surface area contributed by atoms with E-state index in [2.05, 4.69) is 6.07 Å². The van der Waals surface area contributed by atoms with E-state index >= 15 is 0 Å². The first kappa shape index (κ1) is 13.1. The summed E-state index contributed by atoms with van der Waals surface area (Å²) in [7, 11) is 0. The molecular formula is C15H17NO4. The van der Waals surface area contributed by atoms with Crippen molar-refractivity contribution < 1.29 is 19.4 Å². The highest BCUT2D eigenvalue weighted by atomic mass is 16.5. The third-order valence-corrected chi connectivity index (χ3v) is 4.01. The highest BCUT2D eigenvalue weighted by molar-refractivity contribution is 5.96. The van der Waals surface area contributed by atoms with E-state index in [0.717, 1.165) is 30.4 Å². The minimum atomic E-state index is -1.01. The van der Waals surface area contributed by atoms with E-state index in [1.54, 1.807) is 4.90 Å². The summed E-state index contributed by atoms with van der Waals surface area (Å²) in [4.78, 5) is 25.2. The van der Waals surface area contributed by atoms with Crippen LogP contribution in [0.2, 0.25) is 0 Å². The van der Waals surface area contributed by atoms with Crippen LogP contribution >= 0.6 is 0 Å². The van der Waals surface area contributed by atoms with Gasteiger partial charge in [0.1, 0.15) is 0 Å². The molecule has 3 rings (SSSR count). The number of fused-ring (bicyclic) bond motifs is 1. The number of carboxylic acid groups (broad SMARTS) is 1. The summed E-state index contributed by atoms with van der Waals surface area (Å²) in [6.45, 7) is 0.849. The maximum absolute atomic E-state index is 12.6. The van der Waals surface area contributed by atoms with Crippen molar-refractivity contribution >= 4 is 11.9 Å². The number of ether oxygens (including phenoxy) is 1. The Kier molecular flexibility index (Phi) is 3.44. The summed E-state index contributed by atoms with van der Waals surface area (Å²) in [6, 6.07) is 5.82. The van der Waals surface area contributed by atoms with E-state index in [4.69, 9.17) is 9.84 Å². The summed E-state index contributed by atoms with van der Waals surface area (Å²) in [5, 5.41) is 9.00. The Balaban J connectivity index is 1.82. The van der Waals surface area contributed by atoms with Gasteiger partial charge in [0.05, 0.1) is 13.2 Å². The minimum Gasteiger partial charge on any atom is -0.479 e. The Morgan fingerprint density at radius 3 is 2.95 bits per heavy atom. The number of amides is 1. The molecule has 5 heteroatoms. The summed E-state index contributed by atoms with van der Waals surface area (Å²) in [5.41, 5.74) is 3.11. The van der Waals surface area contributed by atoms with Crippen molar-refractivity contribution in [2.75, 3.05) is 19.7 Å². The lowest BCUT2D eigenvalue weighted by molar-refractivity contribution is -0.154. The number of rotatable bonds is 2. The van der Waals surface area contributed by atoms with Crippen molar-refractivity contribution in [2.45, 2.75) is 25.4 Å². The van der Waals surface area contributed by atoms with Crippen LogP contribution in [-0.2, 0) is 22.4 Å². The molecule has 0 radical (unpaired) electrons. The van der Waals surface area contributed by atoms with Crippen molar-refractivity contribution in [3.8, 4) is 0 Å². The second-order valence-electron chi connectivity index (χ2n) is 5.25. The van der Waals surface area contributed by atoms with Gasteiger partial charge in [-0.1, -0.05) is 12.1 Å². The SMILES string of the molecule is O=C(O)C1CN(C(=O)c2cccc3c2CCC3)CCO1. The zero-order valence-corrected chi connectivity index (χ0v) is 11.2. The average molecular weight is 275 g/mol. The van der Waals surface area contributed by atoms with Crippen molar-refractivity contribution in [1.82, 2.24) is 4.90 Å². The summed E-state index contributed by atoms with van der Waals surface area (Å²) < 4.78 is 5.15. The van der Waals surface area contributed by atoms with Crippen LogP contribution in [0, 0.1) is 0 Å². The fourth-order valence-electron chi connectivity index (χ4n) is 2.97. The summed E-state index contributed by atoms with van der Waals surface area (Å²) >= 11 is 0. The molecule has 1 aliphatic carbocycles. The number of aryl methyl sites for hydroxylation is 1. The molecule has 20 heavy (non-hydrogen) atoms. The Bertz CT molecular complexity index is 555. The molecular weight excluding hydrogens is 258 g/mol. The highest BCUT2D eigenvalue weighted by Gasteiger charge is 2.31. The summed E-state index contributed by atoms with van der Waals surface area (Å²) in [5.74, 6) is -1.08. The molecule has 0 aromatic heterocycles. The number of carbonyl (C=O) groups is 2. The van der Waals surface area contributed by atoms with E-state index in [-0.39, 0.29) is 19.1 Å². The fraction of sp³-hybridized carbons (Fsp3) is 0.467. The van der Waals surface area contributed by atoms with Gasteiger partial charge in [0.15, 0.2) is 6.10 Å². The molecule has 1 amide bonds. The smallest absolute Gasteiger partial charge is 0.334 e. The molecule has 1 saturated heterocycles. The molecule has 0 spiro atoms. The lowest BCUT2D eigenvalue weighted by Gasteiger charge is -2.31. The van der Waals surface area contributed by atoms with Gasteiger partial charge in [0.2, 0.25) is 0 Å². The quantitative estimate of drug-likeness (QED) is 0.877. The van der Waals surface area contributed by atoms with Gasteiger partial charge in [0.25, 0.3) is 5.91 Å². The first-order valence-electron chi connectivity index (χ1n) is 6.91. The third kappa shape index (κ3) is 2.29. The van der Waals surface area contributed by atoms with Crippen molar-refractivity contribution in [3.63, 3.8) is 0 Å². The van der Waals surface area contributed by atoms with Gasteiger partial charge in [-0.3, -0.25) is 4.79 Å². The Labute approximate surface area is 117 Å². The monoisotopic (exact) mass is 275 g/mol. The molecule has 1 heterocycles. The first-order chi connectivity index (χ1) is 9.66. The van der Waals surface area contributed by atoms with Gasteiger partial charge >= 0.3 is 5.97 Å². The number of hydrogen-bond donors (Lipinski definition) is 1. The number of benzene rings is 1. The van der Waals surface area contributed by atoms with Gasteiger partial charge in [-0.15, -0.1) is 0 Å². The number of carboxylic acids is 1. The molecule has 1 atom stereocenters. The van der Waals surface area contributed by atoms with Gasteiger partial charge in [0, 0.05) is 12.1 Å². The molecule has 5 nitrogen and oxygen atoms in total. The topological polar surface area (TPSA) is 66.8 Å². The third-order valence-electron chi connectivity index (χ3n) is 4.01. The van der Waals surface area contributed by atoms with Crippen LogP contribution in [0.25, 0.3) is 0 Å². The highest BCUT2D eigenvalue weighted by Crippen LogP contribution is 2.26. The van der Waals surface area contributed by atoms with Gasteiger partial charge < -0.3 is 14.7 Å². The van der Waals surface area contributed by atoms with Gasteiger partial charge in [-0.05, 0) is 36.5 Å². The van der Waals surface area contributed by atoms with Crippen LogP contribution in [0.5, 0.6) is 0 Å². The van der Waals surface area contributed by atoms with Gasteiger partial charge in [-0.2, -0.15) is 0 Å². The molecule has 1 aliphatic heterocycles. The average Bonchev–Trinajstić information content (AvgIpc) is 2.95. The molecule has 2 aliphatic rings. The molecule has 1 fully saturated rings. The molecule has 1 aromatic rings. The van der Waals surface area contributed by atoms with Crippen molar-refractivity contribution in [2.24, 2.45) is 0 Å². The molecule has 1 aromatic carbocycles. The lowest BCUT2D eigenvalue weighted by atomic mass is 10.0. The van der Waals surface area contributed by atoms with Crippen LogP contribution in [0.3, 0.4) is 0 Å². The van der Waals surface area contributed by atoms with E-state index in [1.165, 1.54) is 5.56 Å². The van der Waals surface area contributed by atoms with Crippen molar-refractivity contribution in [1.29, 1.82) is 0 Å². The van der Waals surface area contributed by atoms with E-state index in [9.17, 15) is 9.59 Å². The number of aliphatic carboxylic acids is 1. The van der Waals surface area contributed by atoms with Crippen LogP contribution in [0.1, 0.15) is 27.9 Å². The largest absolute Gasteiger partial charge is 0.479 e. The molecule has 1 N–H and O–H groups in total. The maximum Gasteiger partial charge on any atom is 0.334 e. The molecule has 106 valence electrons. The fourth-order valence-corrected chi connectivity index (χ4v) is 2.97. The number of carbonyl (C=O) groups excluding carboxylic acids is 1. The van der Waals surface area contributed by atoms with Crippen molar-refractivity contribution in [3.05, 3.63) is 34.9 Å². The minimum absolute atomic E-state index is 0.0710. The molecule has 1 unspecified atom stereocenters. The van der Waals surface area contributed by atoms with Crippen LogP contribution in [0.15, 0.2) is 18.2 Å². The second-order valence-corrected chi connectivity index (χ2v) is 5.25. The molecule has 0 saturated carbocycles. The van der Waals surface area contributed by atoms with E-state index in [1.807, 2.05) is 12.1 Å². The van der Waals surface area contributed by atoms with E-state index in [0.29, 0.717) is 6.54 Å². The van der Waals surface area contributed by atoms with Gasteiger partial charge in [-0.25, -0.2) is 4.79 Å². The molecule has 0 bridgehead atoms. The summed E-state index contributed by atoms with van der Waals surface area (Å²) in [6.07, 6.45) is 2.13. The number of morpholine rings is 1. The first-order valence-corrected chi connectivity index (χ1v) is 6.91. The lowest BCUT2D eigenvalue weighted by Crippen LogP contribution is -2.48. The number of hydrogen-bond acceptors (Lipinski definition) is 3. The Hall–Kier alpha value is -1.88. The normalized spacial score (nSPS) is 21.6. The zero-order chi connectivity index (χ0) is 14.1. The standard InChI is InChI=1S/C15H17NO4/c17-14(16-7-8-20-13(9-16)15(18)19)12-6-2-4-10-3-1-5-11(10)12/h2,4,6,13H,1,3,5,7-9H2,(H,18,19). The number of nitrogens with zero attached hydrogens (tertiary/aromatic N) is 1.